The van der Waals surface area contributed by atoms with E-state index in [1.807, 2.05) is 7.05 Å². The first-order chi connectivity index (χ1) is 15.7. The lowest BCUT2D eigenvalue weighted by Gasteiger charge is -2.41. The summed E-state index contributed by atoms with van der Waals surface area (Å²) in [6, 6.07) is 22.0. The van der Waals surface area contributed by atoms with Gasteiger partial charge in [-0.2, -0.15) is 0 Å². The zero-order chi connectivity index (χ0) is 22.2. The normalized spacial score (nSPS) is 21.2. The van der Waals surface area contributed by atoms with Crippen molar-refractivity contribution in [1.29, 1.82) is 0 Å². The third kappa shape index (κ3) is 7.07. The molecule has 0 aromatic heterocycles. The van der Waals surface area contributed by atoms with Crippen molar-refractivity contribution in [2.45, 2.75) is 43.8 Å². The van der Waals surface area contributed by atoms with E-state index in [-0.39, 0.29) is 35.6 Å². The minimum atomic E-state index is -0.0170. The average Bonchev–Trinajstić information content (AvgIpc) is 3.32. The zero-order valence-corrected chi connectivity index (χ0v) is 22.1. The molecule has 180 valence electrons. The number of anilines is 1. The van der Waals surface area contributed by atoms with Gasteiger partial charge in [-0.15, -0.1) is 24.0 Å². The Kier molecular flexibility index (Phi) is 9.82. The topological polar surface area (TPSA) is 60.9 Å². The van der Waals surface area contributed by atoms with Crippen LogP contribution in [-0.2, 0) is 4.74 Å². The molecule has 0 aliphatic carbocycles. The van der Waals surface area contributed by atoms with Crippen LogP contribution >= 0.6 is 24.0 Å². The summed E-state index contributed by atoms with van der Waals surface area (Å²) >= 11 is 0. The SMILES string of the molecule is CN=C(NCC1(NC(C)c2ccccc2)CCOCC1)NC1CCN(c2ccccc2)C1.I. The van der Waals surface area contributed by atoms with E-state index < -0.39 is 0 Å². The standard InChI is InChI=1S/C26H37N5O.HI/c1-21(22-9-5-3-6-10-22)30-26(14-17-32-18-15-26)20-28-25(27-2)29-23-13-16-31(19-23)24-11-7-4-8-12-24;/h3-12,21,23,30H,13-20H2,1-2H3,(H2,27,28,29);1H. The molecular formula is C26H38IN5O. The minimum Gasteiger partial charge on any atom is -0.381 e. The Hall–Kier alpha value is -1.84. The Labute approximate surface area is 215 Å². The highest BCUT2D eigenvalue weighted by Gasteiger charge is 2.34. The van der Waals surface area contributed by atoms with Crippen molar-refractivity contribution >= 4 is 35.6 Å². The number of nitrogens with one attached hydrogen (secondary N) is 3. The summed E-state index contributed by atoms with van der Waals surface area (Å²) in [5, 5.41) is 11.2. The molecular weight excluding hydrogens is 525 g/mol. The maximum Gasteiger partial charge on any atom is 0.191 e. The zero-order valence-electron chi connectivity index (χ0n) is 19.8. The molecule has 2 unspecified atom stereocenters. The second-order valence-electron chi connectivity index (χ2n) is 9.01. The van der Waals surface area contributed by atoms with Gasteiger partial charge in [0.15, 0.2) is 5.96 Å². The van der Waals surface area contributed by atoms with E-state index in [0.717, 1.165) is 58.1 Å². The molecule has 2 saturated heterocycles. The van der Waals surface area contributed by atoms with Gasteiger partial charge in [0.1, 0.15) is 0 Å². The van der Waals surface area contributed by atoms with Crippen molar-refractivity contribution in [3.05, 3.63) is 66.2 Å². The highest BCUT2D eigenvalue weighted by molar-refractivity contribution is 14.0. The van der Waals surface area contributed by atoms with Gasteiger partial charge in [0.2, 0.25) is 0 Å². The van der Waals surface area contributed by atoms with Gasteiger partial charge in [-0.25, -0.2) is 0 Å². The molecule has 0 saturated carbocycles. The fourth-order valence-corrected chi connectivity index (χ4v) is 4.81. The van der Waals surface area contributed by atoms with Gasteiger partial charge >= 0.3 is 0 Å². The second-order valence-corrected chi connectivity index (χ2v) is 9.01. The number of hydrogen-bond donors (Lipinski definition) is 3. The Balaban J connectivity index is 0.00000306. The highest BCUT2D eigenvalue weighted by Crippen LogP contribution is 2.25. The van der Waals surface area contributed by atoms with Crippen LogP contribution in [0, 0.1) is 0 Å². The molecule has 7 heteroatoms. The van der Waals surface area contributed by atoms with Crippen LogP contribution in [0.2, 0.25) is 0 Å². The van der Waals surface area contributed by atoms with Crippen molar-refractivity contribution in [2.24, 2.45) is 4.99 Å². The maximum atomic E-state index is 5.69. The summed E-state index contributed by atoms with van der Waals surface area (Å²) in [4.78, 5) is 6.96. The number of rotatable bonds is 7. The Bertz CT molecular complexity index is 858. The van der Waals surface area contributed by atoms with Crippen LogP contribution in [-0.4, -0.2) is 57.4 Å². The molecule has 2 heterocycles. The number of halogens is 1. The monoisotopic (exact) mass is 563 g/mol. The van der Waals surface area contributed by atoms with Crippen LogP contribution in [0.5, 0.6) is 0 Å². The molecule has 2 atom stereocenters. The molecule has 4 rings (SSSR count). The van der Waals surface area contributed by atoms with Gasteiger partial charge in [0, 0.05) is 63.2 Å². The van der Waals surface area contributed by atoms with Gasteiger partial charge in [0.25, 0.3) is 0 Å². The summed E-state index contributed by atoms with van der Waals surface area (Å²) in [5.41, 5.74) is 2.59. The molecule has 2 aromatic carbocycles. The first-order valence-electron chi connectivity index (χ1n) is 11.8. The maximum absolute atomic E-state index is 5.69. The predicted molar refractivity (Wildman–Crippen MR) is 148 cm³/mol. The van der Waals surface area contributed by atoms with E-state index in [1.54, 1.807) is 0 Å². The van der Waals surface area contributed by atoms with E-state index in [2.05, 4.69) is 93.4 Å². The second kappa shape index (κ2) is 12.6. The predicted octanol–water partition coefficient (Wildman–Crippen LogP) is 3.95. The van der Waals surface area contributed by atoms with E-state index in [1.165, 1.54) is 11.3 Å². The lowest BCUT2D eigenvalue weighted by atomic mass is 9.88. The third-order valence-electron chi connectivity index (χ3n) is 6.74. The van der Waals surface area contributed by atoms with Crippen LogP contribution in [0.15, 0.2) is 65.7 Å². The molecule has 6 nitrogen and oxygen atoms in total. The smallest absolute Gasteiger partial charge is 0.191 e. The van der Waals surface area contributed by atoms with Crippen molar-refractivity contribution in [2.75, 3.05) is 44.8 Å². The number of aliphatic imine (C=N–C) groups is 1. The van der Waals surface area contributed by atoms with Gasteiger partial charge in [-0.05, 0) is 43.9 Å². The highest BCUT2D eigenvalue weighted by atomic mass is 127. The first kappa shape index (κ1) is 25.8. The fraction of sp³-hybridized carbons (Fsp3) is 0.500. The minimum absolute atomic E-state index is 0. The van der Waals surface area contributed by atoms with Gasteiger partial charge in [-0.3, -0.25) is 4.99 Å². The summed E-state index contributed by atoms with van der Waals surface area (Å²) in [7, 11) is 1.86. The van der Waals surface area contributed by atoms with E-state index in [9.17, 15) is 0 Å². The van der Waals surface area contributed by atoms with Crippen LogP contribution in [0.3, 0.4) is 0 Å². The molecule has 2 fully saturated rings. The largest absolute Gasteiger partial charge is 0.381 e. The molecule has 0 spiro atoms. The summed E-state index contributed by atoms with van der Waals surface area (Å²) in [6.07, 6.45) is 3.08. The molecule has 2 aromatic rings. The number of guanidine groups is 1. The Morgan fingerprint density at radius 3 is 2.42 bits per heavy atom. The van der Waals surface area contributed by atoms with Gasteiger partial charge in [-0.1, -0.05) is 48.5 Å². The number of benzene rings is 2. The average molecular weight is 564 g/mol. The molecule has 0 amide bonds. The van der Waals surface area contributed by atoms with Crippen LogP contribution in [0.4, 0.5) is 5.69 Å². The van der Waals surface area contributed by atoms with Crippen LogP contribution in [0.1, 0.15) is 37.8 Å². The van der Waals surface area contributed by atoms with Crippen molar-refractivity contribution in [3.63, 3.8) is 0 Å². The summed E-state index contributed by atoms with van der Waals surface area (Å²) < 4.78 is 5.69. The molecule has 3 N–H and O–H groups in total. The van der Waals surface area contributed by atoms with Crippen molar-refractivity contribution in [1.82, 2.24) is 16.0 Å². The summed E-state index contributed by atoms with van der Waals surface area (Å²) in [5.74, 6) is 0.880. The Morgan fingerprint density at radius 1 is 1.09 bits per heavy atom. The molecule has 33 heavy (non-hydrogen) atoms. The van der Waals surface area contributed by atoms with Gasteiger partial charge in [0.05, 0.1) is 0 Å². The molecule has 0 bridgehead atoms. The molecule has 2 aliphatic heterocycles. The van der Waals surface area contributed by atoms with Gasteiger partial charge < -0.3 is 25.6 Å². The lowest BCUT2D eigenvalue weighted by molar-refractivity contribution is 0.0354. The van der Waals surface area contributed by atoms with E-state index in [0.29, 0.717) is 6.04 Å². The molecule has 2 aliphatic rings. The number of ether oxygens (including phenoxy) is 1. The number of nitrogens with zero attached hydrogens (tertiary/aromatic N) is 2. The van der Waals surface area contributed by atoms with Crippen LogP contribution < -0.4 is 20.9 Å². The first-order valence-corrected chi connectivity index (χ1v) is 11.8. The quantitative estimate of drug-likeness (QED) is 0.271. The van der Waals surface area contributed by atoms with Crippen molar-refractivity contribution < 1.29 is 4.74 Å². The van der Waals surface area contributed by atoms with Crippen LogP contribution in [0.25, 0.3) is 0 Å². The lowest BCUT2D eigenvalue weighted by Crippen LogP contribution is -2.59. The number of hydrogen-bond acceptors (Lipinski definition) is 4. The fourth-order valence-electron chi connectivity index (χ4n) is 4.81. The van der Waals surface area contributed by atoms with Crippen molar-refractivity contribution in [3.8, 4) is 0 Å². The number of para-hydroxylation sites is 1. The Morgan fingerprint density at radius 2 is 1.76 bits per heavy atom. The van der Waals surface area contributed by atoms with E-state index >= 15 is 0 Å². The third-order valence-corrected chi connectivity index (χ3v) is 6.74. The summed E-state index contributed by atoms with van der Waals surface area (Å²) in [6.45, 7) is 6.70. The molecule has 0 radical (unpaired) electrons. The van der Waals surface area contributed by atoms with E-state index in [4.69, 9.17) is 4.74 Å².